The van der Waals surface area contributed by atoms with Crippen LogP contribution in [0.2, 0.25) is 0 Å². The maximum absolute atomic E-state index is 12.3. The van der Waals surface area contributed by atoms with Gasteiger partial charge in [-0.1, -0.05) is 12.1 Å². The SMILES string of the molecule is CN(CCCCN1C(=O)c2ccccc2C1=O)CCCNC(=O)OC(C)(C)C. The molecule has 1 aliphatic heterocycles. The summed E-state index contributed by atoms with van der Waals surface area (Å²) in [5.74, 6) is -0.385. The van der Waals surface area contributed by atoms with E-state index >= 15 is 0 Å². The Morgan fingerprint density at radius 1 is 1.04 bits per heavy atom. The molecule has 0 aliphatic carbocycles. The second-order valence-electron chi connectivity index (χ2n) is 8.10. The van der Waals surface area contributed by atoms with Gasteiger partial charge >= 0.3 is 6.09 Å². The number of fused-ring (bicyclic) bond motifs is 1. The molecule has 3 amide bonds. The van der Waals surface area contributed by atoms with E-state index in [1.165, 1.54) is 4.90 Å². The van der Waals surface area contributed by atoms with E-state index in [0.29, 0.717) is 24.2 Å². The number of carbonyl (C=O) groups excluding carboxylic acids is 3. The molecule has 0 atom stereocenters. The molecule has 1 heterocycles. The number of unbranched alkanes of at least 4 members (excludes halogenated alkanes) is 1. The summed E-state index contributed by atoms with van der Waals surface area (Å²) in [7, 11) is 2.02. The Hall–Kier alpha value is -2.41. The zero-order valence-electron chi connectivity index (χ0n) is 17.3. The highest BCUT2D eigenvalue weighted by molar-refractivity contribution is 6.21. The molecule has 1 aromatic rings. The molecule has 0 saturated heterocycles. The van der Waals surface area contributed by atoms with Crippen molar-refractivity contribution in [2.75, 3.05) is 33.2 Å². The molecule has 0 unspecified atom stereocenters. The number of ether oxygens (including phenoxy) is 1. The van der Waals surface area contributed by atoms with Gasteiger partial charge in [0.05, 0.1) is 11.1 Å². The van der Waals surface area contributed by atoms with Gasteiger partial charge < -0.3 is 15.0 Å². The standard InChI is InChI=1S/C21H31N3O4/c1-21(2,3)28-20(27)22-12-9-14-23(4)13-7-8-15-24-18(25)16-10-5-6-11-17(16)19(24)26/h5-6,10-11H,7-9,12-15H2,1-4H3,(H,22,27). The van der Waals surface area contributed by atoms with Crippen molar-refractivity contribution >= 4 is 17.9 Å². The van der Waals surface area contributed by atoms with Gasteiger partial charge in [-0.15, -0.1) is 0 Å². The number of imide groups is 1. The minimum atomic E-state index is -0.486. The number of alkyl carbamates (subject to hydrolysis) is 1. The maximum atomic E-state index is 12.3. The zero-order valence-corrected chi connectivity index (χ0v) is 17.3. The third kappa shape index (κ3) is 6.34. The van der Waals surface area contributed by atoms with E-state index in [0.717, 1.165) is 32.4 Å². The maximum Gasteiger partial charge on any atom is 0.407 e. The van der Waals surface area contributed by atoms with Crippen LogP contribution in [0, 0.1) is 0 Å². The van der Waals surface area contributed by atoms with E-state index in [1.54, 1.807) is 24.3 Å². The minimum absolute atomic E-state index is 0.192. The molecule has 7 nitrogen and oxygen atoms in total. The van der Waals surface area contributed by atoms with E-state index < -0.39 is 11.7 Å². The average Bonchev–Trinajstić information content (AvgIpc) is 2.86. The third-order valence-electron chi connectivity index (χ3n) is 4.43. The molecule has 1 aromatic carbocycles. The van der Waals surface area contributed by atoms with Crippen LogP contribution in [-0.4, -0.2) is 66.5 Å². The molecular formula is C21H31N3O4. The van der Waals surface area contributed by atoms with Gasteiger partial charge in [0.2, 0.25) is 0 Å². The fourth-order valence-electron chi connectivity index (χ4n) is 3.06. The minimum Gasteiger partial charge on any atom is -0.444 e. The van der Waals surface area contributed by atoms with Crippen LogP contribution in [0.1, 0.15) is 60.7 Å². The quantitative estimate of drug-likeness (QED) is 0.519. The molecule has 1 N–H and O–H groups in total. The van der Waals surface area contributed by atoms with Crippen molar-refractivity contribution in [1.82, 2.24) is 15.1 Å². The average molecular weight is 389 g/mol. The Bertz CT molecular complexity index is 677. The number of rotatable bonds is 9. The molecule has 0 radical (unpaired) electrons. The van der Waals surface area contributed by atoms with Crippen LogP contribution < -0.4 is 5.32 Å². The Balaban J connectivity index is 1.58. The second-order valence-corrected chi connectivity index (χ2v) is 8.10. The van der Waals surface area contributed by atoms with Crippen molar-refractivity contribution in [2.45, 2.75) is 45.6 Å². The van der Waals surface area contributed by atoms with Gasteiger partial charge in [-0.05, 0) is 72.3 Å². The topological polar surface area (TPSA) is 79.0 Å². The molecule has 0 spiro atoms. The first kappa shape index (κ1) is 21.9. The van der Waals surface area contributed by atoms with Crippen LogP contribution in [0.3, 0.4) is 0 Å². The van der Waals surface area contributed by atoms with Crippen LogP contribution in [0.5, 0.6) is 0 Å². The Labute approximate surface area is 167 Å². The predicted octanol–water partition coefficient (Wildman–Crippen LogP) is 2.91. The molecule has 28 heavy (non-hydrogen) atoms. The first-order valence-corrected chi connectivity index (χ1v) is 9.79. The fraction of sp³-hybridized carbons (Fsp3) is 0.571. The van der Waals surface area contributed by atoms with Gasteiger partial charge in [0.25, 0.3) is 11.8 Å². The van der Waals surface area contributed by atoms with Crippen LogP contribution in [0.4, 0.5) is 4.79 Å². The molecule has 0 aromatic heterocycles. The number of carbonyl (C=O) groups is 3. The van der Waals surface area contributed by atoms with Gasteiger partial charge in [-0.2, -0.15) is 0 Å². The lowest BCUT2D eigenvalue weighted by Crippen LogP contribution is -2.34. The third-order valence-corrected chi connectivity index (χ3v) is 4.43. The highest BCUT2D eigenvalue weighted by atomic mass is 16.6. The first-order chi connectivity index (χ1) is 13.2. The monoisotopic (exact) mass is 389 g/mol. The molecule has 0 bridgehead atoms. The van der Waals surface area contributed by atoms with Gasteiger partial charge in [-0.25, -0.2) is 4.79 Å². The number of amides is 3. The van der Waals surface area contributed by atoms with E-state index in [-0.39, 0.29) is 11.8 Å². The van der Waals surface area contributed by atoms with E-state index in [2.05, 4.69) is 10.2 Å². The Kier molecular flexibility index (Phi) is 7.57. The van der Waals surface area contributed by atoms with Crippen molar-refractivity contribution in [3.05, 3.63) is 35.4 Å². The summed E-state index contributed by atoms with van der Waals surface area (Å²) in [5, 5.41) is 2.75. The number of benzene rings is 1. The van der Waals surface area contributed by atoms with E-state index in [1.807, 2.05) is 27.8 Å². The lowest BCUT2D eigenvalue weighted by molar-refractivity contribution is 0.0524. The highest BCUT2D eigenvalue weighted by Crippen LogP contribution is 2.22. The predicted molar refractivity (Wildman–Crippen MR) is 107 cm³/mol. The Morgan fingerprint density at radius 2 is 1.61 bits per heavy atom. The normalized spacial score (nSPS) is 13.8. The molecule has 0 fully saturated rings. The van der Waals surface area contributed by atoms with E-state index in [9.17, 15) is 14.4 Å². The molecule has 0 saturated carbocycles. The first-order valence-electron chi connectivity index (χ1n) is 9.79. The largest absolute Gasteiger partial charge is 0.444 e. The van der Waals surface area contributed by atoms with E-state index in [4.69, 9.17) is 4.74 Å². The molecule has 7 heteroatoms. The molecule has 2 rings (SSSR count). The lowest BCUT2D eigenvalue weighted by atomic mass is 10.1. The summed E-state index contributed by atoms with van der Waals surface area (Å²) >= 11 is 0. The summed E-state index contributed by atoms with van der Waals surface area (Å²) in [6, 6.07) is 6.96. The van der Waals surface area contributed by atoms with Gasteiger partial charge in [0.1, 0.15) is 5.60 Å². The summed E-state index contributed by atoms with van der Waals surface area (Å²) in [6.45, 7) is 8.24. The van der Waals surface area contributed by atoms with Crippen LogP contribution in [0.15, 0.2) is 24.3 Å². The molecule has 1 aliphatic rings. The van der Waals surface area contributed by atoms with Crippen molar-refractivity contribution in [3.8, 4) is 0 Å². The highest BCUT2D eigenvalue weighted by Gasteiger charge is 2.34. The number of hydrogen-bond acceptors (Lipinski definition) is 5. The lowest BCUT2D eigenvalue weighted by Gasteiger charge is -2.20. The number of nitrogens with zero attached hydrogens (tertiary/aromatic N) is 2. The van der Waals surface area contributed by atoms with Crippen molar-refractivity contribution in [3.63, 3.8) is 0 Å². The van der Waals surface area contributed by atoms with Crippen molar-refractivity contribution < 1.29 is 19.1 Å². The number of hydrogen-bond donors (Lipinski definition) is 1. The van der Waals surface area contributed by atoms with Crippen molar-refractivity contribution in [2.24, 2.45) is 0 Å². The van der Waals surface area contributed by atoms with Crippen molar-refractivity contribution in [1.29, 1.82) is 0 Å². The second kappa shape index (κ2) is 9.68. The fourth-order valence-corrected chi connectivity index (χ4v) is 3.06. The zero-order chi connectivity index (χ0) is 20.7. The summed E-state index contributed by atoms with van der Waals surface area (Å²) in [6.07, 6.45) is 2.10. The van der Waals surface area contributed by atoms with Gasteiger partial charge in [-0.3, -0.25) is 14.5 Å². The molecular weight excluding hydrogens is 358 g/mol. The van der Waals surface area contributed by atoms with Gasteiger partial charge in [0.15, 0.2) is 0 Å². The number of nitrogens with one attached hydrogen (secondary N) is 1. The smallest absolute Gasteiger partial charge is 0.407 e. The summed E-state index contributed by atoms with van der Waals surface area (Å²) < 4.78 is 5.19. The van der Waals surface area contributed by atoms with Crippen LogP contribution in [0.25, 0.3) is 0 Å². The van der Waals surface area contributed by atoms with Crippen LogP contribution in [-0.2, 0) is 4.74 Å². The Morgan fingerprint density at radius 3 is 2.18 bits per heavy atom. The van der Waals surface area contributed by atoms with Crippen LogP contribution >= 0.6 is 0 Å². The summed E-state index contributed by atoms with van der Waals surface area (Å²) in [5.41, 5.74) is 0.518. The molecule has 154 valence electrons. The summed E-state index contributed by atoms with van der Waals surface area (Å²) in [4.78, 5) is 39.7. The van der Waals surface area contributed by atoms with Gasteiger partial charge in [0, 0.05) is 13.1 Å².